The molecular formula is C12H8ClN5. The first kappa shape index (κ1) is 12.0. The summed E-state index contributed by atoms with van der Waals surface area (Å²) >= 11 is 5.79. The van der Waals surface area contributed by atoms with Crippen LogP contribution in [0.2, 0.25) is 5.02 Å². The van der Waals surface area contributed by atoms with Gasteiger partial charge in [0.2, 0.25) is 0 Å². The Labute approximate surface area is 109 Å². The van der Waals surface area contributed by atoms with Crippen molar-refractivity contribution in [2.24, 2.45) is 0 Å². The molecule has 0 radical (unpaired) electrons. The fourth-order valence-electron chi connectivity index (χ4n) is 1.22. The van der Waals surface area contributed by atoms with Crippen LogP contribution >= 0.6 is 11.6 Å². The minimum Gasteiger partial charge on any atom is -0.193 e. The monoisotopic (exact) mass is 257 g/mol. The van der Waals surface area contributed by atoms with E-state index in [4.69, 9.17) is 16.9 Å². The van der Waals surface area contributed by atoms with Crippen LogP contribution in [0.5, 0.6) is 0 Å². The Morgan fingerprint density at radius 3 is 2.72 bits per heavy atom. The highest BCUT2D eigenvalue weighted by molar-refractivity contribution is 6.30. The first-order chi connectivity index (χ1) is 8.79. The maximum Gasteiger partial charge on any atom is 0.198 e. The number of rotatable bonds is 3. The predicted octanol–water partition coefficient (Wildman–Crippen LogP) is 2.41. The van der Waals surface area contributed by atoms with Crippen LogP contribution < -0.4 is 0 Å². The number of tetrazole rings is 1. The lowest BCUT2D eigenvalue weighted by molar-refractivity contribution is 0.719. The normalized spacial score (nSPS) is 11.1. The molecule has 6 heteroatoms. The summed E-state index contributed by atoms with van der Waals surface area (Å²) in [6, 6.07) is 8.99. The first-order valence-corrected chi connectivity index (χ1v) is 5.46. The van der Waals surface area contributed by atoms with Crippen molar-refractivity contribution in [1.29, 1.82) is 5.26 Å². The van der Waals surface area contributed by atoms with Crippen LogP contribution in [0.3, 0.4) is 0 Å². The molecule has 0 amide bonds. The molecule has 1 heterocycles. The number of aromatic nitrogens is 4. The lowest BCUT2D eigenvalue weighted by Gasteiger charge is -1.96. The Kier molecular flexibility index (Phi) is 3.84. The largest absolute Gasteiger partial charge is 0.198 e. The number of halogens is 1. The van der Waals surface area contributed by atoms with Gasteiger partial charge in [-0.25, -0.2) is 0 Å². The van der Waals surface area contributed by atoms with Gasteiger partial charge in [-0.05, 0) is 35.6 Å². The molecule has 0 aliphatic rings. The van der Waals surface area contributed by atoms with E-state index in [1.54, 1.807) is 42.5 Å². The number of hydrogen-bond acceptors (Lipinski definition) is 4. The van der Waals surface area contributed by atoms with Gasteiger partial charge in [0, 0.05) is 11.1 Å². The van der Waals surface area contributed by atoms with Crippen LogP contribution in [-0.4, -0.2) is 20.2 Å². The standard InChI is InChI=1S/C12H8ClN5/c13-10-5-7-11(8-6-10)18-16-12(15-17-18)4-2-1-3-9-14/h1-8H. The summed E-state index contributed by atoms with van der Waals surface area (Å²) in [4.78, 5) is 1.41. The van der Waals surface area contributed by atoms with Crippen molar-refractivity contribution < 1.29 is 0 Å². The van der Waals surface area contributed by atoms with Crippen LogP contribution in [0, 0.1) is 11.3 Å². The van der Waals surface area contributed by atoms with E-state index in [0.29, 0.717) is 10.8 Å². The van der Waals surface area contributed by atoms with E-state index in [1.165, 1.54) is 10.9 Å². The van der Waals surface area contributed by atoms with Gasteiger partial charge in [0.25, 0.3) is 0 Å². The Morgan fingerprint density at radius 2 is 2.00 bits per heavy atom. The van der Waals surface area contributed by atoms with E-state index in [2.05, 4.69) is 15.4 Å². The zero-order valence-electron chi connectivity index (χ0n) is 9.23. The Morgan fingerprint density at radius 1 is 1.22 bits per heavy atom. The highest BCUT2D eigenvalue weighted by Gasteiger charge is 2.01. The molecular weight excluding hydrogens is 250 g/mol. The molecule has 0 aliphatic heterocycles. The number of benzene rings is 1. The summed E-state index contributed by atoms with van der Waals surface area (Å²) in [5.41, 5.74) is 0.777. The van der Waals surface area contributed by atoms with E-state index in [9.17, 15) is 0 Å². The van der Waals surface area contributed by atoms with Gasteiger partial charge in [0.05, 0.1) is 11.8 Å². The molecule has 0 aliphatic carbocycles. The predicted molar refractivity (Wildman–Crippen MR) is 68.0 cm³/mol. The molecule has 0 N–H and O–H groups in total. The second-order valence-corrected chi connectivity index (χ2v) is 3.70. The van der Waals surface area contributed by atoms with E-state index in [1.807, 2.05) is 6.07 Å². The molecule has 88 valence electrons. The molecule has 0 spiro atoms. The summed E-state index contributed by atoms with van der Waals surface area (Å²) in [5, 5.41) is 20.9. The third-order valence-electron chi connectivity index (χ3n) is 2.01. The molecule has 1 aromatic carbocycles. The summed E-state index contributed by atoms with van der Waals surface area (Å²) in [6.45, 7) is 0. The van der Waals surface area contributed by atoms with Crippen LogP contribution in [-0.2, 0) is 0 Å². The highest BCUT2D eigenvalue weighted by atomic mass is 35.5. The first-order valence-electron chi connectivity index (χ1n) is 5.08. The fourth-order valence-corrected chi connectivity index (χ4v) is 1.34. The summed E-state index contributed by atoms with van der Waals surface area (Å²) in [6.07, 6.45) is 6.29. The molecule has 0 unspecified atom stereocenters. The third-order valence-corrected chi connectivity index (χ3v) is 2.27. The van der Waals surface area contributed by atoms with Gasteiger partial charge in [-0.1, -0.05) is 23.8 Å². The molecule has 0 bridgehead atoms. The van der Waals surface area contributed by atoms with Crippen LogP contribution in [0.4, 0.5) is 0 Å². The van der Waals surface area contributed by atoms with Gasteiger partial charge in [-0.2, -0.15) is 5.26 Å². The van der Waals surface area contributed by atoms with Gasteiger partial charge in [0.15, 0.2) is 5.82 Å². The Hall–Kier alpha value is -2.45. The van der Waals surface area contributed by atoms with Crippen LogP contribution in [0.15, 0.2) is 42.5 Å². The summed E-state index contributed by atoms with van der Waals surface area (Å²) in [5.74, 6) is 0.465. The number of nitriles is 1. The molecule has 0 saturated carbocycles. The average molecular weight is 258 g/mol. The van der Waals surface area contributed by atoms with E-state index in [0.717, 1.165) is 5.69 Å². The minimum absolute atomic E-state index is 0.465. The molecule has 2 aromatic rings. The topological polar surface area (TPSA) is 67.4 Å². The zero-order valence-corrected chi connectivity index (χ0v) is 9.99. The van der Waals surface area contributed by atoms with Gasteiger partial charge in [-0.15, -0.1) is 15.0 Å². The van der Waals surface area contributed by atoms with Crippen LogP contribution in [0.1, 0.15) is 5.82 Å². The number of hydrogen-bond donors (Lipinski definition) is 0. The quantitative estimate of drug-likeness (QED) is 0.625. The molecule has 1 aromatic heterocycles. The Balaban J connectivity index is 2.16. The number of nitrogens with zero attached hydrogens (tertiary/aromatic N) is 5. The lowest BCUT2D eigenvalue weighted by Crippen LogP contribution is -1.98. The molecule has 0 saturated heterocycles. The summed E-state index contributed by atoms with van der Waals surface area (Å²) in [7, 11) is 0. The van der Waals surface area contributed by atoms with Crippen molar-refractivity contribution in [1.82, 2.24) is 20.2 Å². The van der Waals surface area contributed by atoms with E-state index in [-0.39, 0.29) is 0 Å². The van der Waals surface area contributed by atoms with Crippen molar-refractivity contribution in [3.05, 3.63) is 53.3 Å². The zero-order chi connectivity index (χ0) is 12.8. The molecule has 0 atom stereocenters. The Bertz CT molecular complexity index is 619. The SMILES string of the molecule is N#CC=CC=Cc1nnn(-c2ccc(Cl)cc2)n1. The van der Waals surface area contributed by atoms with Crippen molar-refractivity contribution in [3.63, 3.8) is 0 Å². The van der Waals surface area contributed by atoms with E-state index >= 15 is 0 Å². The second-order valence-electron chi connectivity index (χ2n) is 3.26. The maximum atomic E-state index is 8.31. The van der Waals surface area contributed by atoms with Crippen molar-refractivity contribution in [3.8, 4) is 11.8 Å². The van der Waals surface area contributed by atoms with Gasteiger partial charge in [-0.3, -0.25) is 0 Å². The van der Waals surface area contributed by atoms with Gasteiger partial charge >= 0.3 is 0 Å². The fraction of sp³-hybridized carbons (Fsp3) is 0. The van der Waals surface area contributed by atoms with Gasteiger partial charge in [0.1, 0.15) is 0 Å². The smallest absolute Gasteiger partial charge is 0.193 e. The average Bonchev–Trinajstić information content (AvgIpc) is 2.84. The molecule has 5 nitrogen and oxygen atoms in total. The maximum absolute atomic E-state index is 8.31. The van der Waals surface area contributed by atoms with Gasteiger partial charge < -0.3 is 0 Å². The van der Waals surface area contributed by atoms with E-state index < -0.39 is 0 Å². The third kappa shape index (κ3) is 3.03. The van der Waals surface area contributed by atoms with Crippen molar-refractivity contribution in [2.45, 2.75) is 0 Å². The molecule has 18 heavy (non-hydrogen) atoms. The van der Waals surface area contributed by atoms with Crippen molar-refractivity contribution >= 4 is 17.7 Å². The summed E-state index contributed by atoms with van der Waals surface area (Å²) < 4.78 is 0. The van der Waals surface area contributed by atoms with Crippen LogP contribution in [0.25, 0.3) is 11.8 Å². The minimum atomic E-state index is 0.465. The van der Waals surface area contributed by atoms with Crippen molar-refractivity contribution in [2.75, 3.05) is 0 Å². The molecule has 2 rings (SSSR count). The number of allylic oxidation sites excluding steroid dienone is 3. The second kappa shape index (κ2) is 5.75. The highest BCUT2D eigenvalue weighted by Crippen LogP contribution is 2.11. The lowest BCUT2D eigenvalue weighted by atomic mass is 10.3. The molecule has 0 fully saturated rings.